The Morgan fingerprint density at radius 1 is 1.00 bits per heavy atom. The first-order valence-corrected chi connectivity index (χ1v) is 8.98. The van der Waals surface area contributed by atoms with Crippen molar-refractivity contribution >= 4 is 5.91 Å². The van der Waals surface area contributed by atoms with E-state index in [2.05, 4.69) is 10.2 Å². The summed E-state index contributed by atoms with van der Waals surface area (Å²) in [6.07, 6.45) is 1.69. The maximum atomic E-state index is 11.7. The molecule has 1 amide bonds. The number of nitrogens with one attached hydrogen (secondary N) is 1. The molecule has 0 spiro atoms. The van der Waals surface area contributed by atoms with Gasteiger partial charge in [-0.2, -0.15) is 0 Å². The van der Waals surface area contributed by atoms with Gasteiger partial charge >= 0.3 is 0 Å². The number of hydrogen-bond acceptors (Lipinski definition) is 4. The Bertz CT molecular complexity index is 815. The lowest BCUT2D eigenvalue weighted by Crippen LogP contribution is -2.27. The highest BCUT2D eigenvalue weighted by molar-refractivity contribution is 5.93. The summed E-state index contributed by atoms with van der Waals surface area (Å²) in [5.74, 6) is 1.70. The first-order chi connectivity index (χ1) is 13.2. The van der Waals surface area contributed by atoms with Crippen LogP contribution in [-0.4, -0.2) is 31.0 Å². The van der Waals surface area contributed by atoms with Crippen LogP contribution in [-0.2, 0) is 13.1 Å². The molecule has 2 aromatic carbocycles. The minimum atomic E-state index is -0.0785. The number of para-hydroxylation sites is 1. The molecule has 1 N–H and O–H groups in total. The summed E-state index contributed by atoms with van der Waals surface area (Å²) in [5.41, 5.74) is 1.79. The Labute approximate surface area is 159 Å². The van der Waals surface area contributed by atoms with E-state index in [4.69, 9.17) is 9.15 Å². The second-order valence-corrected chi connectivity index (χ2v) is 6.23. The van der Waals surface area contributed by atoms with Crippen LogP contribution in [0, 0.1) is 0 Å². The van der Waals surface area contributed by atoms with Crippen molar-refractivity contribution < 1.29 is 13.9 Å². The molecule has 0 aliphatic heterocycles. The van der Waals surface area contributed by atoms with Gasteiger partial charge in [-0.15, -0.1) is 0 Å². The van der Waals surface area contributed by atoms with Crippen LogP contribution in [0.2, 0.25) is 0 Å². The summed E-state index contributed by atoms with van der Waals surface area (Å²) < 4.78 is 11.3. The molecule has 3 rings (SSSR count). The number of furan rings is 1. The van der Waals surface area contributed by atoms with Gasteiger partial charge in [-0.25, -0.2) is 0 Å². The molecule has 0 unspecified atom stereocenters. The predicted octanol–water partition coefficient (Wildman–Crippen LogP) is 3.72. The van der Waals surface area contributed by atoms with Gasteiger partial charge in [-0.1, -0.05) is 30.3 Å². The zero-order valence-corrected chi connectivity index (χ0v) is 15.4. The lowest BCUT2D eigenvalue weighted by molar-refractivity contribution is 0.0963. The van der Waals surface area contributed by atoms with Crippen LogP contribution in [0.1, 0.15) is 21.7 Å². The van der Waals surface area contributed by atoms with E-state index in [1.165, 1.54) is 0 Å². The number of ether oxygens (including phenoxy) is 1. The van der Waals surface area contributed by atoms with E-state index in [0.717, 1.165) is 30.2 Å². The van der Waals surface area contributed by atoms with Crippen molar-refractivity contribution in [3.8, 4) is 5.75 Å². The summed E-state index contributed by atoms with van der Waals surface area (Å²) in [5, 5.41) is 2.64. The Kier molecular flexibility index (Phi) is 6.66. The summed E-state index contributed by atoms with van der Waals surface area (Å²) >= 11 is 0. The van der Waals surface area contributed by atoms with Gasteiger partial charge < -0.3 is 14.5 Å². The molecule has 0 bridgehead atoms. The Hall–Kier alpha value is -3.05. The molecule has 0 atom stereocenters. The molecule has 5 heteroatoms. The number of carbonyl (C=O) groups is 1. The van der Waals surface area contributed by atoms with Crippen LogP contribution >= 0.6 is 0 Å². The molecule has 0 radical (unpaired) electrons. The summed E-state index contributed by atoms with van der Waals surface area (Å²) in [7, 11) is 1.63. The Balaban J connectivity index is 1.61. The highest BCUT2D eigenvalue weighted by Gasteiger charge is 2.10. The predicted molar refractivity (Wildman–Crippen MR) is 105 cm³/mol. The van der Waals surface area contributed by atoms with E-state index in [9.17, 15) is 4.79 Å². The van der Waals surface area contributed by atoms with Gasteiger partial charge in [0, 0.05) is 25.7 Å². The summed E-state index contributed by atoms with van der Waals surface area (Å²) in [4.78, 5) is 13.9. The number of hydrogen-bond donors (Lipinski definition) is 1. The quantitative estimate of drug-likeness (QED) is 0.629. The minimum Gasteiger partial charge on any atom is -0.492 e. The molecule has 0 fully saturated rings. The van der Waals surface area contributed by atoms with Gasteiger partial charge in [-0.05, 0) is 42.0 Å². The van der Waals surface area contributed by atoms with E-state index >= 15 is 0 Å². The third-order valence-electron chi connectivity index (χ3n) is 4.23. The lowest BCUT2D eigenvalue weighted by atomic mass is 10.1. The first-order valence-electron chi connectivity index (χ1n) is 8.98. The van der Waals surface area contributed by atoms with Crippen molar-refractivity contribution in [2.24, 2.45) is 0 Å². The second-order valence-electron chi connectivity index (χ2n) is 6.23. The molecule has 140 valence electrons. The van der Waals surface area contributed by atoms with Crippen LogP contribution in [0.3, 0.4) is 0 Å². The summed E-state index contributed by atoms with van der Waals surface area (Å²) in [6.45, 7) is 2.78. The highest BCUT2D eigenvalue weighted by atomic mass is 16.5. The van der Waals surface area contributed by atoms with E-state index in [-0.39, 0.29) is 5.91 Å². The minimum absolute atomic E-state index is 0.0785. The normalized spacial score (nSPS) is 10.7. The van der Waals surface area contributed by atoms with Crippen molar-refractivity contribution in [3.63, 3.8) is 0 Å². The smallest absolute Gasteiger partial charge is 0.251 e. The van der Waals surface area contributed by atoms with Crippen molar-refractivity contribution in [1.29, 1.82) is 0 Å². The van der Waals surface area contributed by atoms with Crippen molar-refractivity contribution in [3.05, 3.63) is 89.9 Å². The average Bonchev–Trinajstić information content (AvgIpc) is 3.22. The molecule has 3 aromatic rings. The highest BCUT2D eigenvalue weighted by Crippen LogP contribution is 2.13. The Morgan fingerprint density at radius 2 is 1.78 bits per heavy atom. The fraction of sp³-hybridized carbons (Fsp3) is 0.227. The maximum Gasteiger partial charge on any atom is 0.251 e. The molecular weight excluding hydrogens is 340 g/mol. The van der Waals surface area contributed by atoms with Crippen LogP contribution in [0.5, 0.6) is 5.75 Å². The largest absolute Gasteiger partial charge is 0.492 e. The second kappa shape index (κ2) is 9.59. The molecule has 0 aliphatic rings. The van der Waals surface area contributed by atoms with Gasteiger partial charge in [0.05, 0.1) is 12.8 Å². The fourth-order valence-electron chi connectivity index (χ4n) is 2.81. The molecule has 0 saturated carbocycles. The topological polar surface area (TPSA) is 54.7 Å². The van der Waals surface area contributed by atoms with Crippen LogP contribution in [0.4, 0.5) is 0 Å². The number of amides is 1. The monoisotopic (exact) mass is 364 g/mol. The van der Waals surface area contributed by atoms with Crippen molar-refractivity contribution in [1.82, 2.24) is 10.2 Å². The number of benzene rings is 2. The van der Waals surface area contributed by atoms with Gasteiger partial charge in [0.1, 0.15) is 18.1 Å². The van der Waals surface area contributed by atoms with E-state index in [0.29, 0.717) is 18.7 Å². The fourth-order valence-corrected chi connectivity index (χ4v) is 2.81. The van der Waals surface area contributed by atoms with Crippen molar-refractivity contribution in [2.45, 2.75) is 13.1 Å². The van der Waals surface area contributed by atoms with Gasteiger partial charge in [0.25, 0.3) is 5.91 Å². The zero-order valence-electron chi connectivity index (χ0n) is 15.4. The zero-order chi connectivity index (χ0) is 18.9. The van der Waals surface area contributed by atoms with Gasteiger partial charge in [0.2, 0.25) is 0 Å². The molecule has 0 aliphatic carbocycles. The van der Waals surface area contributed by atoms with Gasteiger partial charge in [-0.3, -0.25) is 9.69 Å². The molecular formula is C22H24N2O3. The van der Waals surface area contributed by atoms with Crippen LogP contribution in [0.25, 0.3) is 0 Å². The third kappa shape index (κ3) is 5.72. The molecule has 1 heterocycles. The third-order valence-corrected chi connectivity index (χ3v) is 4.23. The maximum absolute atomic E-state index is 11.7. The lowest BCUT2D eigenvalue weighted by Gasteiger charge is -2.21. The standard InChI is InChI=1S/C22H24N2O3/c1-23-22(25)19-11-9-18(10-12-19)16-24(17-21-8-5-14-26-21)13-15-27-20-6-3-2-4-7-20/h2-12,14H,13,15-17H2,1H3,(H,23,25). The average molecular weight is 364 g/mol. The number of nitrogens with zero attached hydrogens (tertiary/aromatic N) is 1. The van der Waals surface area contributed by atoms with E-state index in [1.54, 1.807) is 13.3 Å². The number of carbonyl (C=O) groups excluding carboxylic acids is 1. The van der Waals surface area contributed by atoms with Crippen LogP contribution in [0.15, 0.2) is 77.4 Å². The molecule has 27 heavy (non-hydrogen) atoms. The van der Waals surface area contributed by atoms with Gasteiger partial charge in [0.15, 0.2) is 0 Å². The Morgan fingerprint density at radius 3 is 2.44 bits per heavy atom. The SMILES string of the molecule is CNC(=O)c1ccc(CN(CCOc2ccccc2)Cc2ccco2)cc1. The molecule has 1 aromatic heterocycles. The molecule has 5 nitrogen and oxygen atoms in total. The number of rotatable bonds is 9. The summed E-state index contributed by atoms with van der Waals surface area (Å²) in [6, 6.07) is 21.3. The van der Waals surface area contributed by atoms with Crippen molar-refractivity contribution in [2.75, 3.05) is 20.2 Å². The first kappa shape index (κ1) is 18.7. The van der Waals surface area contributed by atoms with E-state index < -0.39 is 0 Å². The molecule has 0 saturated heterocycles. The van der Waals surface area contributed by atoms with E-state index in [1.807, 2.05) is 66.7 Å². The van der Waals surface area contributed by atoms with Crippen LogP contribution < -0.4 is 10.1 Å².